The standard InChI is InChI=1S/C24H24ClF2N5O6S2/c1-11-13(22-20-15(3-4-19(25)32-20)24(26,27)9-37-22)7-18(39-11)21(34)14-8-29-10-30-23(14)31-12-5-16(33)17(6-12)38-40(35,36)28-2/h3-4,7-8,10,12,16-17,22,28,33H,5-6,9H2,1-2H3,(H,29,30,31)/t12-,16+,17-,22+/m1/s1. The number of rotatable bonds is 8. The summed E-state index contributed by atoms with van der Waals surface area (Å²) in [7, 11) is -2.81. The normalized spacial score (nSPS) is 24.1. The molecule has 1 aliphatic heterocycles. The monoisotopic (exact) mass is 615 g/mol. The number of anilines is 1. The Hall–Kier alpha value is -2.66. The summed E-state index contributed by atoms with van der Waals surface area (Å²) in [5.74, 6) is -3.47. The molecule has 0 spiro atoms. The highest BCUT2D eigenvalue weighted by molar-refractivity contribution is 7.84. The number of ketones is 1. The van der Waals surface area contributed by atoms with Crippen LogP contribution in [0.4, 0.5) is 14.6 Å². The SMILES string of the molecule is CNS(=O)(=O)O[C@@H]1C[C@H](Nc2ncncc2C(=O)c2cc([C@@H]3OCC(F)(F)c4ccc(Cl)nc43)c(C)s2)C[C@@H]1O. The molecule has 0 unspecified atom stereocenters. The quantitative estimate of drug-likeness (QED) is 0.254. The van der Waals surface area contributed by atoms with Crippen LogP contribution in [-0.4, -0.2) is 66.2 Å². The van der Waals surface area contributed by atoms with Crippen molar-refractivity contribution in [2.24, 2.45) is 0 Å². The van der Waals surface area contributed by atoms with Crippen LogP contribution in [0.3, 0.4) is 0 Å². The Kier molecular flexibility index (Phi) is 7.91. The number of nitrogens with zero attached hydrogens (tertiary/aromatic N) is 3. The first-order valence-corrected chi connectivity index (χ1v) is 14.7. The third-order valence-electron chi connectivity index (χ3n) is 6.70. The van der Waals surface area contributed by atoms with Crippen molar-refractivity contribution >= 4 is 44.8 Å². The van der Waals surface area contributed by atoms with Crippen molar-refractivity contribution in [3.8, 4) is 0 Å². The number of carbonyl (C=O) groups is 1. The van der Waals surface area contributed by atoms with E-state index < -0.39 is 53.0 Å². The zero-order valence-electron chi connectivity index (χ0n) is 21.1. The summed E-state index contributed by atoms with van der Waals surface area (Å²) in [6, 6.07) is 3.66. The third-order valence-corrected chi connectivity index (χ3v) is 8.97. The summed E-state index contributed by atoms with van der Waals surface area (Å²) in [5.41, 5.74) is 0.356. The number of aryl methyl sites for hydroxylation is 1. The van der Waals surface area contributed by atoms with E-state index in [1.54, 1.807) is 13.0 Å². The van der Waals surface area contributed by atoms with Gasteiger partial charge in [-0.2, -0.15) is 21.9 Å². The van der Waals surface area contributed by atoms with Crippen LogP contribution in [0, 0.1) is 6.92 Å². The topological polar surface area (TPSA) is 153 Å². The van der Waals surface area contributed by atoms with E-state index in [9.17, 15) is 27.1 Å². The van der Waals surface area contributed by atoms with E-state index in [1.165, 1.54) is 31.7 Å². The zero-order valence-corrected chi connectivity index (χ0v) is 23.5. The van der Waals surface area contributed by atoms with Crippen LogP contribution in [0.15, 0.2) is 30.7 Å². The number of nitrogens with one attached hydrogen (secondary N) is 2. The first-order chi connectivity index (χ1) is 18.9. The molecule has 1 fully saturated rings. The minimum absolute atomic E-state index is 0.00843. The molecule has 0 bridgehead atoms. The largest absolute Gasteiger partial charge is 0.390 e. The average Bonchev–Trinajstić information content (AvgIpc) is 3.45. The predicted molar refractivity (Wildman–Crippen MR) is 141 cm³/mol. The summed E-state index contributed by atoms with van der Waals surface area (Å²) < 4.78 is 65.0. The van der Waals surface area contributed by atoms with Crippen LogP contribution in [0.5, 0.6) is 0 Å². The second kappa shape index (κ2) is 11.0. The molecule has 0 aromatic carbocycles. The number of carbonyl (C=O) groups excluding carboxylic acids is 1. The molecule has 1 aliphatic carbocycles. The maximum Gasteiger partial charge on any atom is 0.335 e. The molecule has 3 N–H and O–H groups in total. The van der Waals surface area contributed by atoms with Gasteiger partial charge in [0.05, 0.1) is 22.2 Å². The predicted octanol–water partition coefficient (Wildman–Crippen LogP) is 3.12. The van der Waals surface area contributed by atoms with Crippen molar-refractivity contribution in [2.75, 3.05) is 19.0 Å². The Labute approximate surface area is 237 Å². The van der Waals surface area contributed by atoms with E-state index in [2.05, 4.69) is 20.3 Å². The van der Waals surface area contributed by atoms with Crippen molar-refractivity contribution in [1.29, 1.82) is 0 Å². The van der Waals surface area contributed by atoms with Gasteiger partial charge in [-0.1, -0.05) is 11.6 Å². The highest BCUT2D eigenvalue weighted by Crippen LogP contribution is 2.44. The van der Waals surface area contributed by atoms with E-state index in [1.807, 2.05) is 4.72 Å². The summed E-state index contributed by atoms with van der Waals surface area (Å²) in [5, 5.41) is 13.4. The van der Waals surface area contributed by atoms with Gasteiger partial charge in [-0.25, -0.2) is 15.0 Å². The first kappa shape index (κ1) is 28.9. The average molecular weight is 616 g/mol. The molecule has 40 heavy (non-hydrogen) atoms. The Morgan fingerprint density at radius 3 is 2.85 bits per heavy atom. The molecule has 0 amide bonds. The number of thiophene rings is 1. The Bertz CT molecular complexity index is 1560. The molecule has 3 aromatic rings. The molecular weight excluding hydrogens is 592 g/mol. The Morgan fingerprint density at radius 1 is 1.32 bits per heavy atom. The lowest BCUT2D eigenvalue weighted by atomic mass is 9.95. The van der Waals surface area contributed by atoms with Gasteiger partial charge in [0.2, 0.25) is 5.78 Å². The number of ether oxygens (including phenoxy) is 1. The van der Waals surface area contributed by atoms with Gasteiger partial charge in [0.25, 0.3) is 5.92 Å². The number of aliphatic hydroxyl groups is 1. The molecule has 0 radical (unpaired) electrons. The number of hydrogen-bond donors (Lipinski definition) is 3. The molecule has 5 rings (SSSR count). The van der Waals surface area contributed by atoms with Gasteiger partial charge >= 0.3 is 10.3 Å². The van der Waals surface area contributed by atoms with Gasteiger partial charge in [0, 0.05) is 35.3 Å². The number of aromatic nitrogens is 3. The zero-order chi connectivity index (χ0) is 28.8. The van der Waals surface area contributed by atoms with Gasteiger partial charge in [0.15, 0.2) is 0 Å². The van der Waals surface area contributed by atoms with Crippen LogP contribution in [0.2, 0.25) is 5.15 Å². The smallest absolute Gasteiger partial charge is 0.335 e. The summed E-state index contributed by atoms with van der Waals surface area (Å²) in [4.78, 5) is 26.8. The van der Waals surface area contributed by atoms with Crippen molar-refractivity contribution in [3.05, 3.63) is 68.0 Å². The molecule has 11 nitrogen and oxygen atoms in total. The van der Waals surface area contributed by atoms with Crippen molar-refractivity contribution in [2.45, 2.75) is 50.0 Å². The van der Waals surface area contributed by atoms with Crippen molar-refractivity contribution in [1.82, 2.24) is 19.7 Å². The second-order valence-electron chi connectivity index (χ2n) is 9.37. The first-order valence-electron chi connectivity index (χ1n) is 12.1. The molecule has 4 heterocycles. The summed E-state index contributed by atoms with van der Waals surface area (Å²) in [6.45, 7) is 0.901. The van der Waals surface area contributed by atoms with E-state index in [4.69, 9.17) is 20.5 Å². The molecular formula is C24H24ClF2N5O6S2. The number of hydrogen-bond acceptors (Lipinski definition) is 11. The van der Waals surface area contributed by atoms with Crippen molar-refractivity contribution < 1.29 is 36.0 Å². The molecule has 4 atom stereocenters. The molecule has 1 saturated carbocycles. The number of aliphatic hydroxyl groups excluding tert-OH is 1. The summed E-state index contributed by atoms with van der Waals surface area (Å²) >= 11 is 7.16. The number of halogens is 3. The van der Waals surface area contributed by atoms with Gasteiger partial charge in [-0.3, -0.25) is 8.98 Å². The van der Waals surface area contributed by atoms with E-state index in [-0.39, 0.29) is 40.6 Å². The molecule has 214 valence electrons. The Morgan fingerprint density at radius 2 is 2.10 bits per heavy atom. The minimum Gasteiger partial charge on any atom is -0.390 e. The fourth-order valence-electron chi connectivity index (χ4n) is 4.76. The molecule has 16 heteroatoms. The van der Waals surface area contributed by atoms with E-state index >= 15 is 0 Å². The number of alkyl halides is 2. The number of pyridine rings is 1. The Balaban J connectivity index is 1.39. The minimum atomic E-state index is -4.01. The fraction of sp³-hybridized carbons (Fsp3) is 0.417. The van der Waals surface area contributed by atoms with Gasteiger partial charge in [-0.05, 0) is 38.0 Å². The maximum absolute atomic E-state index is 14.5. The van der Waals surface area contributed by atoms with Crippen LogP contribution >= 0.6 is 22.9 Å². The third kappa shape index (κ3) is 5.72. The van der Waals surface area contributed by atoms with E-state index in [0.717, 1.165) is 11.3 Å². The highest BCUT2D eigenvalue weighted by atomic mass is 35.5. The van der Waals surface area contributed by atoms with Crippen LogP contribution < -0.4 is 10.0 Å². The summed E-state index contributed by atoms with van der Waals surface area (Å²) in [6.07, 6.45) is -0.101. The lowest BCUT2D eigenvalue weighted by Gasteiger charge is -2.30. The van der Waals surface area contributed by atoms with Crippen LogP contribution in [-0.2, 0) is 25.1 Å². The van der Waals surface area contributed by atoms with Crippen LogP contribution in [0.1, 0.15) is 55.9 Å². The lowest BCUT2D eigenvalue weighted by Crippen LogP contribution is -2.31. The lowest BCUT2D eigenvalue weighted by molar-refractivity contribution is -0.117. The highest BCUT2D eigenvalue weighted by Gasteiger charge is 2.44. The molecule has 0 saturated heterocycles. The van der Waals surface area contributed by atoms with E-state index in [0.29, 0.717) is 15.3 Å². The number of fused-ring (bicyclic) bond motifs is 1. The molecule has 3 aromatic heterocycles. The van der Waals surface area contributed by atoms with Crippen molar-refractivity contribution in [3.63, 3.8) is 0 Å². The van der Waals surface area contributed by atoms with Gasteiger partial charge < -0.3 is 15.2 Å². The fourth-order valence-corrected chi connectivity index (χ4v) is 6.54. The van der Waals surface area contributed by atoms with Crippen LogP contribution in [0.25, 0.3) is 0 Å². The van der Waals surface area contributed by atoms with Gasteiger partial charge in [-0.15, -0.1) is 11.3 Å². The van der Waals surface area contributed by atoms with Gasteiger partial charge in [0.1, 0.15) is 36.1 Å². The maximum atomic E-state index is 14.5. The second-order valence-corrected chi connectivity index (χ2v) is 12.5. The molecule has 2 aliphatic rings.